The van der Waals surface area contributed by atoms with E-state index in [1.54, 1.807) is 4.31 Å². The third-order valence-corrected chi connectivity index (χ3v) is 12.5. The number of allylic oxidation sites excluding steroid dienone is 1. The number of sulfonamides is 1. The van der Waals surface area contributed by atoms with Gasteiger partial charge in [0.2, 0.25) is 10.0 Å². The second kappa shape index (κ2) is 9.41. The largest absolute Gasteiger partial charge is 0.412 e. The van der Waals surface area contributed by atoms with Crippen LogP contribution in [0, 0.1) is 26.9 Å². The number of carbonyl (C=O) groups is 1. The van der Waals surface area contributed by atoms with Crippen LogP contribution in [-0.2, 0) is 15.4 Å². The van der Waals surface area contributed by atoms with Gasteiger partial charge in [-0.3, -0.25) is 10.1 Å². The molecule has 1 N–H and O–H groups in total. The number of benzene rings is 2. The zero-order chi connectivity index (χ0) is 28.3. The van der Waals surface area contributed by atoms with Gasteiger partial charge in [-0.15, -0.1) is 0 Å². The number of carbonyl (C=O) groups excluding carboxylic acids is 1. The smallest absolute Gasteiger partial charge is 0.410 e. The fourth-order valence-electron chi connectivity index (χ4n) is 7.99. The zero-order valence-corrected chi connectivity index (χ0v) is 23.7. The van der Waals surface area contributed by atoms with E-state index in [-0.39, 0.29) is 34.1 Å². The summed E-state index contributed by atoms with van der Waals surface area (Å²) in [7, 11) is -3.59. The molecule has 1 spiro atoms. The number of nitro groups is 1. The van der Waals surface area contributed by atoms with E-state index in [1.165, 1.54) is 35.4 Å². The predicted octanol–water partition coefficient (Wildman–Crippen LogP) is 5.27. The van der Waals surface area contributed by atoms with Crippen molar-refractivity contribution in [3.63, 3.8) is 0 Å². The Morgan fingerprint density at radius 1 is 1.10 bits per heavy atom. The molecule has 1 aliphatic heterocycles. The summed E-state index contributed by atoms with van der Waals surface area (Å²) in [6.07, 6.45) is 7.59. The van der Waals surface area contributed by atoms with Crippen LogP contribution in [0.3, 0.4) is 0 Å². The maximum Gasteiger partial charge on any atom is 0.412 e. The van der Waals surface area contributed by atoms with Crippen molar-refractivity contribution >= 4 is 27.9 Å². The molecule has 212 valence electrons. The van der Waals surface area contributed by atoms with Gasteiger partial charge in [0, 0.05) is 42.1 Å². The van der Waals surface area contributed by atoms with Gasteiger partial charge >= 0.3 is 6.09 Å². The van der Waals surface area contributed by atoms with E-state index >= 15 is 0 Å². The first-order valence-electron chi connectivity index (χ1n) is 14.0. The predicted molar refractivity (Wildman–Crippen MR) is 151 cm³/mol. The molecule has 10 heteroatoms. The summed E-state index contributed by atoms with van der Waals surface area (Å²) < 4.78 is 35.0. The molecule has 3 atom stereocenters. The first-order chi connectivity index (χ1) is 19.0. The number of non-ortho nitro benzene ring substituents is 1. The van der Waals surface area contributed by atoms with E-state index in [4.69, 9.17) is 4.74 Å². The van der Waals surface area contributed by atoms with Crippen molar-refractivity contribution in [2.24, 2.45) is 16.7 Å². The number of rotatable bonds is 6. The molecule has 3 fully saturated rings. The van der Waals surface area contributed by atoms with Gasteiger partial charge in [0.1, 0.15) is 5.75 Å². The third-order valence-electron chi connectivity index (χ3n) is 10.5. The Bertz CT molecular complexity index is 1480. The van der Waals surface area contributed by atoms with Crippen LogP contribution >= 0.6 is 0 Å². The van der Waals surface area contributed by atoms with Gasteiger partial charge in [0.25, 0.3) is 5.69 Å². The van der Waals surface area contributed by atoms with Crippen LogP contribution in [0.1, 0.15) is 57.1 Å². The lowest BCUT2D eigenvalue weighted by atomic mass is 9.69. The molecule has 4 aliphatic rings. The van der Waals surface area contributed by atoms with Gasteiger partial charge in [-0.1, -0.05) is 50.3 Å². The lowest BCUT2D eigenvalue weighted by molar-refractivity contribution is -0.384. The number of hydrogen-bond acceptors (Lipinski definition) is 6. The van der Waals surface area contributed by atoms with Crippen LogP contribution < -0.4 is 10.1 Å². The van der Waals surface area contributed by atoms with E-state index in [0.29, 0.717) is 25.4 Å². The number of nitrogens with one attached hydrogen (secondary N) is 1. The van der Waals surface area contributed by atoms with Crippen molar-refractivity contribution in [1.29, 1.82) is 0 Å². The molecule has 0 aromatic heterocycles. The molecule has 9 nitrogen and oxygen atoms in total. The van der Waals surface area contributed by atoms with Crippen LogP contribution in [0.5, 0.6) is 5.75 Å². The molecule has 3 aliphatic carbocycles. The summed E-state index contributed by atoms with van der Waals surface area (Å²) in [6, 6.07) is 13.3. The van der Waals surface area contributed by atoms with Crippen molar-refractivity contribution in [2.75, 3.05) is 18.8 Å². The average molecular weight is 566 g/mol. The van der Waals surface area contributed by atoms with Gasteiger partial charge in [0.15, 0.2) is 0 Å². The Kier molecular flexibility index (Phi) is 6.34. The van der Waals surface area contributed by atoms with Crippen molar-refractivity contribution in [3.8, 4) is 5.75 Å². The molecule has 2 saturated carbocycles. The highest BCUT2D eigenvalue weighted by Gasteiger charge is 2.66. The lowest BCUT2D eigenvalue weighted by Gasteiger charge is -2.44. The summed E-state index contributed by atoms with van der Waals surface area (Å²) in [5.74, 6) is 0.486. The van der Waals surface area contributed by atoms with E-state index < -0.39 is 26.5 Å². The molecular formula is C30H35N3O6S. The maximum atomic E-state index is 14.0. The number of ether oxygens (including phenoxy) is 1. The average Bonchev–Trinajstić information content (AvgIpc) is 3.45. The van der Waals surface area contributed by atoms with Crippen LogP contribution in [0.15, 0.2) is 54.6 Å². The summed E-state index contributed by atoms with van der Waals surface area (Å²) in [4.78, 5) is 23.3. The summed E-state index contributed by atoms with van der Waals surface area (Å²) >= 11 is 0. The van der Waals surface area contributed by atoms with Gasteiger partial charge in [-0.05, 0) is 66.7 Å². The number of piperidine rings is 1. The molecule has 2 aromatic rings. The molecule has 0 unspecified atom stereocenters. The molecule has 6 rings (SSSR count). The molecule has 0 radical (unpaired) electrons. The highest BCUT2D eigenvalue weighted by Crippen LogP contribution is 2.66. The topological polar surface area (TPSA) is 119 Å². The number of hydrogen-bond donors (Lipinski definition) is 1. The second-order valence-electron chi connectivity index (χ2n) is 12.4. The first kappa shape index (κ1) is 27.0. The van der Waals surface area contributed by atoms with Crippen LogP contribution in [0.25, 0.3) is 6.08 Å². The maximum absolute atomic E-state index is 14.0. The van der Waals surface area contributed by atoms with E-state index in [9.17, 15) is 23.3 Å². The molecule has 2 aromatic carbocycles. The highest BCUT2D eigenvalue weighted by atomic mass is 32.2. The normalized spacial score (nSPS) is 27.9. The summed E-state index contributed by atoms with van der Waals surface area (Å²) in [5, 5.41) is 13.9. The van der Waals surface area contributed by atoms with Crippen LogP contribution in [0.4, 0.5) is 10.5 Å². The number of fused-ring (bicyclic) bond motifs is 4. The minimum atomic E-state index is -3.59. The van der Waals surface area contributed by atoms with Crippen molar-refractivity contribution < 1.29 is 22.9 Å². The van der Waals surface area contributed by atoms with Gasteiger partial charge in [-0.2, -0.15) is 0 Å². The molecular weight excluding hydrogens is 530 g/mol. The molecule has 2 bridgehead atoms. The number of amides is 1. The third kappa shape index (κ3) is 4.23. The van der Waals surface area contributed by atoms with Crippen molar-refractivity contribution in [1.82, 2.24) is 9.62 Å². The molecule has 1 amide bonds. The fourth-order valence-corrected chi connectivity index (χ4v) is 10.3. The summed E-state index contributed by atoms with van der Waals surface area (Å²) in [5.41, 5.74) is 1.44. The fraction of sp³-hybridized carbons (Fsp3) is 0.500. The Balaban J connectivity index is 1.16. The van der Waals surface area contributed by atoms with E-state index in [1.807, 2.05) is 12.1 Å². The Labute approximate surface area is 234 Å². The van der Waals surface area contributed by atoms with Crippen LogP contribution in [0.2, 0.25) is 0 Å². The number of nitrogens with zero attached hydrogens (tertiary/aromatic N) is 2. The van der Waals surface area contributed by atoms with Crippen molar-refractivity contribution in [2.45, 2.75) is 57.4 Å². The second-order valence-corrected chi connectivity index (χ2v) is 14.4. The van der Waals surface area contributed by atoms with Gasteiger partial charge in [0.05, 0.1) is 10.7 Å². The Morgan fingerprint density at radius 2 is 1.80 bits per heavy atom. The SMILES string of the molecule is CC1(C)[C@@H]2CC[C@@]1(CS(=O)(=O)N1CCC3(C=Cc4ccccc43)CC1)[C@@H](NC(=O)Oc1ccc([N+](=O)[O-])cc1)C2. The number of nitro benzene ring substituents is 1. The van der Waals surface area contributed by atoms with Gasteiger partial charge in [-0.25, -0.2) is 17.5 Å². The zero-order valence-electron chi connectivity index (χ0n) is 22.8. The van der Waals surface area contributed by atoms with Crippen molar-refractivity contribution in [3.05, 3.63) is 75.8 Å². The molecule has 1 saturated heterocycles. The monoisotopic (exact) mass is 565 g/mol. The highest BCUT2D eigenvalue weighted by molar-refractivity contribution is 7.89. The minimum Gasteiger partial charge on any atom is -0.410 e. The minimum absolute atomic E-state index is 0.00853. The Morgan fingerprint density at radius 3 is 2.48 bits per heavy atom. The molecule has 40 heavy (non-hydrogen) atoms. The Hall–Kier alpha value is -3.24. The van der Waals surface area contributed by atoms with E-state index in [0.717, 1.165) is 25.7 Å². The van der Waals surface area contributed by atoms with E-state index in [2.05, 4.69) is 43.4 Å². The van der Waals surface area contributed by atoms with Gasteiger partial charge < -0.3 is 10.1 Å². The first-order valence-corrected chi connectivity index (χ1v) is 15.6. The lowest BCUT2D eigenvalue weighted by Crippen LogP contribution is -2.55. The standard InChI is InChI=1S/C30H35N3O6S/c1-28(2)22-12-14-30(28,26(19-22)31-27(34)39-24-9-7-23(8-10-24)33(35)36)20-40(37,38)32-17-15-29(16-18-32)13-11-21-5-3-4-6-25(21)29/h3-11,13,22,26H,12,14-20H2,1-2H3,(H,31,34)/t22-,26+,30-/m1/s1. The van der Waals surface area contributed by atoms with Crippen LogP contribution in [-0.4, -0.2) is 48.6 Å². The quantitative estimate of drug-likeness (QED) is 0.377. The molecule has 1 heterocycles. The summed E-state index contributed by atoms with van der Waals surface area (Å²) in [6.45, 7) is 5.21.